The van der Waals surface area contributed by atoms with Crippen molar-refractivity contribution in [3.05, 3.63) is 50.4 Å². The van der Waals surface area contributed by atoms with Crippen molar-refractivity contribution in [3.63, 3.8) is 0 Å². The SMILES string of the molecule is CCn1c(=O)c2[nH]c(/C=C/c3ccc(O)c(OC)c3)nc2n(CC)c1=O. The maximum absolute atomic E-state index is 12.5. The monoisotopic (exact) mass is 356 g/mol. The molecule has 136 valence electrons. The van der Waals surface area contributed by atoms with Crippen molar-refractivity contribution in [2.75, 3.05) is 7.11 Å². The second-order valence-corrected chi connectivity index (χ2v) is 5.66. The summed E-state index contributed by atoms with van der Waals surface area (Å²) in [5.74, 6) is 0.877. The first-order chi connectivity index (χ1) is 12.5. The highest BCUT2D eigenvalue weighted by atomic mass is 16.5. The molecule has 0 spiro atoms. The molecule has 0 aliphatic carbocycles. The molecule has 2 heterocycles. The van der Waals surface area contributed by atoms with Crippen LogP contribution in [0, 0.1) is 0 Å². The second kappa shape index (κ2) is 6.91. The number of methoxy groups -OCH3 is 1. The van der Waals surface area contributed by atoms with Crippen LogP contribution in [-0.2, 0) is 13.1 Å². The third-order valence-corrected chi connectivity index (χ3v) is 4.15. The molecule has 8 heteroatoms. The lowest BCUT2D eigenvalue weighted by Crippen LogP contribution is -2.39. The predicted molar refractivity (Wildman–Crippen MR) is 99.5 cm³/mol. The summed E-state index contributed by atoms with van der Waals surface area (Å²) >= 11 is 0. The lowest BCUT2D eigenvalue weighted by atomic mass is 10.2. The fourth-order valence-corrected chi connectivity index (χ4v) is 2.80. The topological polar surface area (TPSA) is 102 Å². The number of rotatable bonds is 5. The van der Waals surface area contributed by atoms with Crippen molar-refractivity contribution in [2.45, 2.75) is 26.9 Å². The molecule has 1 aromatic carbocycles. The molecule has 0 unspecified atom stereocenters. The highest BCUT2D eigenvalue weighted by Crippen LogP contribution is 2.27. The summed E-state index contributed by atoms with van der Waals surface area (Å²) in [5.41, 5.74) is 0.693. The summed E-state index contributed by atoms with van der Waals surface area (Å²) < 4.78 is 7.73. The Labute approximate surface area is 149 Å². The average Bonchev–Trinajstić information content (AvgIpc) is 3.06. The molecule has 0 aliphatic rings. The van der Waals surface area contributed by atoms with Gasteiger partial charge in [-0.05, 0) is 37.6 Å². The van der Waals surface area contributed by atoms with Crippen LogP contribution in [-0.4, -0.2) is 31.3 Å². The summed E-state index contributed by atoms with van der Waals surface area (Å²) in [5, 5.41) is 9.64. The van der Waals surface area contributed by atoms with Crippen LogP contribution in [0.25, 0.3) is 23.3 Å². The molecule has 0 saturated heterocycles. The van der Waals surface area contributed by atoms with E-state index in [1.54, 1.807) is 31.2 Å². The van der Waals surface area contributed by atoms with Gasteiger partial charge in [-0.1, -0.05) is 12.1 Å². The average molecular weight is 356 g/mol. The Morgan fingerprint density at radius 1 is 1.19 bits per heavy atom. The smallest absolute Gasteiger partial charge is 0.332 e. The quantitative estimate of drug-likeness (QED) is 0.726. The molecule has 3 aromatic rings. The van der Waals surface area contributed by atoms with Gasteiger partial charge < -0.3 is 14.8 Å². The van der Waals surface area contributed by atoms with Crippen molar-refractivity contribution in [2.24, 2.45) is 0 Å². The van der Waals surface area contributed by atoms with E-state index in [1.807, 2.05) is 6.92 Å². The van der Waals surface area contributed by atoms with Crippen LogP contribution in [0.4, 0.5) is 0 Å². The van der Waals surface area contributed by atoms with Gasteiger partial charge in [-0.2, -0.15) is 0 Å². The zero-order valence-corrected chi connectivity index (χ0v) is 14.8. The molecule has 0 bridgehead atoms. The number of imidazole rings is 1. The van der Waals surface area contributed by atoms with E-state index < -0.39 is 0 Å². The number of ether oxygens (including phenoxy) is 1. The number of nitrogens with zero attached hydrogens (tertiary/aromatic N) is 3. The Balaban J connectivity index is 2.09. The molecule has 0 amide bonds. The Hall–Kier alpha value is -3.29. The zero-order valence-electron chi connectivity index (χ0n) is 14.8. The van der Waals surface area contributed by atoms with Gasteiger partial charge in [-0.25, -0.2) is 9.78 Å². The van der Waals surface area contributed by atoms with E-state index in [9.17, 15) is 14.7 Å². The van der Waals surface area contributed by atoms with E-state index in [2.05, 4.69) is 9.97 Å². The lowest BCUT2D eigenvalue weighted by molar-refractivity contribution is 0.373. The van der Waals surface area contributed by atoms with Gasteiger partial charge in [0.1, 0.15) is 11.3 Å². The summed E-state index contributed by atoms with van der Waals surface area (Å²) in [6.07, 6.45) is 3.47. The molecule has 3 rings (SSSR count). The molecule has 0 atom stereocenters. The summed E-state index contributed by atoms with van der Waals surface area (Å²) in [6.45, 7) is 4.30. The minimum absolute atomic E-state index is 0.0560. The van der Waals surface area contributed by atoms with E-state index in [4.69, 9.17) is 4.74 Å². The summed E-state index contributed by atoms with van der Waals surface area (Å²) in [6, 6.07) is 4.94. The number of hydrogen-bond donors (Lipinski definition) is 2. The van der Waals surface area contributed by atoms with Gasteiger partial charge in [-0.3, -0.25) is 13.9 Å². The van der Waals surface area contributed by atoms with Crippen molar-refractivity contribution in [3.8, 4) is 11.5 Å². The molecular formula is C18H20N4O4. The van der Waals surface area contributed by atoms with Gasteiger partial charge in [0.2, 0.25) is 0 Å². The number of aromatic hydroxyl groups is 1. The standard InChI is InChI=1S/C18H20N4O4/c1-4-21-16-15(17(24)22(5-2)18(21)25)19-14(20-16)9-7-11-6-8-12(23)13(10-11)26-3/h6-10,23H,4-5H2,1-3H3,(H,19,20)/b9-7+. The maximum atomic E-state index is 12.5. The fraction of sp³-hybridized carbons (Fsp3) is 0.278. The van der Waals surface area contributed by atoms with Gasteiger partial charge in [0, 0.05) is 13.1 Å². The van der Waals surface area contributed by atoms with Crippen LogP contribution < -0.4 is 16.0 Å². The van der Waals surface area contributed by atoms with Gasteiger partial charge in [0.25, 0.3) is 5.56 Å². The van der Waals surface area contributed by atoms with Crippen molar-refractivity contribution < 1.29 is 9.84 Å². The molecule has 2 N–H and O–H groups in total. The largest absolute Gasteiger partial charge is 0.504 e. The number of aryl methyl sites for hydroxylation is 1. The number of hydrogen-bond acceptors (Lipinski definition) is 5. The molecule has 2 aromatic heterocycles. The zero-order chi connectivity index (χ0) is 18.8. The molecular weight excluding hydrogens is 336 g/mol. The fourth-order valence-electron chi connectivity index (χ4n) is 2.80. The Bertz CT molecular complexity index is 1100. The minimum Gasteiger partial charge on any atom is -0.504 e. The molecule has 26 heavy (non-hydrogen) atoms. The van der Waals surface area contributed by atoms with Crippen LogP contribution in [0.5, 0.6) is 11.5 Å². The van der Waals surface area contributed by atoms with E-state index in [0.717, 1.165) is 5.56 Å². The highest BCUT2D eigenvalue weighted by molar-refractivity contribution is 5.75. The number of benzene rings is 1. The lowest BCUT2D eigenvalue weighted by Gasteiger charge is -2.06. The van der Waals surface area contributed by atoms with Gasteiger partial charge in [0.15, 0.2) is 17.1 Å². The first kappa shape index (κ1) is 17.5. The van der Waals surface area contributed by atoms with Crippen molar-refractivity contribution in [1.29, 1.82) is 0 Å². The molecule has 0 saturated carbocycles. The third-order valence-electron chi connectivity index (χ3n) is 4.15. The number of H-pyrrole nitrogens is 1. The van der Waals surface area contributed by atoms with Crippen LogP contribution in [0.3, 0.4) is 0 Å². The molecule has 8 nitrogen and oxygen atoms in total. The molecule has 0 fully saturated rings. The number of aromatic amines is 1. The van der Waals surface area contributed by atoms with E-state index in [0.29, 0.717) is 35.8 Å². The summed E-state index contributed by atoms with van der Waals surface area (Å²) in [7, 11) is 1.48. The predicted octanol–water partition coefficient (Wildman–Crippen LogP) is 1.81. The minimum atomic E-state index is -0.379. The first-order valence-corrected chi connectivity index (χ1v) is 8.28. The Morgan fingerprint density at radius 2 is 1.92 bits per heavy atom. The Kier molecular flexibility index (Phi) is 4.66. The van der Waals surface area contributed by atoms with E-state index in [-0.39, 0.29) is 17.0 Å². The van der Waals surface area contributed by atoms with Crippen LogP contribution in [0.2, 0.25) is 0 Å². The van der Waals surface area contributed by atoms with Crippen LogP contribution in [0.15, 0.2) is 27.8 Å². The molecule has 0 radical (unpaired) electrons. The van der Waals surface area contributed by atoms with Crippen LogP contribution >= 0.6 is 0 Å². The number of phenols is 1. The maximum Gasteiger partial charge on any atom is 0.332 e. The van der Waals surface area contributed by atoms with E-state index >= 15 is 0 Å². The van der Waals surface area contributed by atoms with Gasteiger partial charge >= 0.3 is 5.69 Å². The van der Waals surface area contributed by atoms with Crippen molar-refractivity contribution >= 4 is 23.3 Å². The normalized spacial score (nSPS) is 11.5. The number of fused-ring (bicyclic) bond motifs is 1. The van der Waals surface area contributed by atoms with Gasteiger partial charge in [0.05, 0.1) is 7.11 Å². The van der Waals surface area contributed by atoms with Gasteiger partial charge in [-0.15, -0.1) is 0 Å². The number of nitrogens with one attached hydrogen (secondary N) is 1. The first-order valence-electron chi connectivity index (χ1n) is 8.28. The highest BCUT2D eigenvalue weighted by Gasteiger charge is 2.14. The third kappa shape index (κ3) is 2.90. The summed E-state index contributed by atoms with van der Waals surface area (Å²) in [4.78, 5) is 32.2. The van der Waals surface area contributed by atoms with Crippen molar-refractivity contribution in [1.82, 2.24) is 19.1 Å². The number of aromatic nitrogens is 4. The molecule has 0 aliphatic heterocycles. The number of phenolic OH excluding ortho intramolecular Hbond substituents is 1. The van der Waals surface area contributed by atoms with Crippen LogP contribution in [0.1, 0.15) is 25.2 Å². The van der Waals surface area contributed by atoms with E-state index in [1.165, 1.54) is 22.3 Å². The second-order valence-electron chi connectivity index (χ2n) is 5.66. The Morgan fingerprint density at radius 3 is 2.58 bits per heavy atom.